The monoisotopic (exact) mass is 459 g/mol. The first kappa shape index (κ1) is 20.7. The van der Waals surface area contributed by atoms with Crippen molar-refractivity contribution in [3.05, 3.63) is 77.0 Å². The highest BCUT2D eigenvalue weighted by atomic mass is 79.9. The van der Waals surface area contributed by atoms with Gasteiger partial charge in [0.15, 0.2) is 0 Å². The minimum atomic E-state index is -3.57. The summed E-state index contributed by atoms with van der Waals surface area (Å²) in [5.74, 6) is 0. The first-order valence-electron chi connectivity index (χ1n) is 8.93. The van der Waals surface area contributed by atoms with Gasteiger partial charge >= 0.3 is 0 Å². The van der Waals surface area contributed by atoms with Crippen LogP contribution in [0.3, 0.4) is 0 Å². The average molecular weight is 460 g/mol. The highest BCUT2D eigenvalue weighted by Gasteiger charge is 2.17. The lowest BCUT2D eigenvalue weighted by molar-refractivity contribution is 0.545. The zero-order chi connectivity index (χ0) is 20.0. The summed E-state index contributed by atoms with van der Waals surface area (Å²) in [5.41, 5.74) is 1.12. The maximum Gasteiger partial charge on any atom is 0.240 e. The predicted octanol–water partition coefficient (Wildman–Crippen LogP) is 3.97. The Kier molecular flexibility index (Phi) is 6.96. The van der Waals surface area contributed by atoms with Gasteiger partial charge in [-0.25, -0.2) is 13.1 Å². The molecule has 3 aromatic rings. The normalized spacial score (nSPS) is 13.2. The first-order valence-corrected chi connectivity index (χ1v) is 11.2. The van der Waals surface area contributed by atoms with Crippen LogP contribution in [0.2, 0.25) is 0 Å². The molecule has 1 heterocycles. The molecule has 0 aliphatic carbocycles. The minimum absolute atomic E-state index is 0.237. The van der Waals surface area contributed by atoms with E-state index in [2.05, 4.69) is 31.0 Å². The Labute approximate surface area is 174 Å². The summed E-state index contributed by atoms with van der Waals surface area (Å²) in [5, 5.41) is 5.00. The molecule has 0 bridgehead atoms. The molecule has 0 spiro atoms. The number of pyridine rings is 1. The smallest absolute Gasteiger partial charge is 0.240 e. The van der Waals surface area contributed by atoms with E-state index in [1.807, 2.05) is 43.3 Å². The highest BCUT2D eigenvalue weighted by Crippen LogP contribution is 2.18. The highest BCUT2D eigenvalue weighted by molar-refractivity contribution is 9.10. The van der Waals surface area contributed by atoms with Gasteiger partial charge in [0.1, 0.15) is 0 Å². The molecule has 1 unspecified atom stereocenters. The zero-order valence-corrected chi connectivity index (χ0v) is 17.9. The number of hydrogen-bond acceptors (Lipinski definition) is 4. The Morgan fingerprint density at radius 2 is 1.89 bits per heavy atom. The average Bonchev–Trinajstić information content (AvgIpc) is 2.68. The summed E-state index contributed by atoms with van der Waals surface area (Å²) in [6, 6.07) is 14.6. The Bertz CT molecular complexity index is 1070. The van der Waals surface area contributed by atoms with Gasteiger partial charge in [-0.3, -0.25) is 4.98 Å². The molecule has 7 heteroatoms. The van der Waals surface area contributed by atoms with Gasteiger partial charge < -0.3 is 5.32 Å². The van der Waals surface area contributed by atoms with Gasteiger partial charge in [0.05, 0.1) is 4.90 Å². The zero-order valence-electron chi connectivity index (χ0n) is 15.5. The third-order valence-corrected chi connectivity index (χ3v) is 6.29. The van der Waals surface area contributed by atoms with E-state index in [1.165, 1.54) is 0 Å². The lowest BCUT2D eigenvalue weighted by atomic mass is 10.2. The van der Waals surface area contributed by atoms with Crippen LogP contribution >= 0.6 is 15.9 Å². The van der Waals surface area contributed by atoms with Crippen LogP contribution in [0.1, 0.15) is 12.5 Å². The van der Waals surface area contributed by atoms with E-state index in [1.54, 1.807) is 36.7 Å². The number of halogens is 1. The van der Waals surface area contributed by atoms with Crippen molar-refractivity contribution in [2.75, 3.05) is 13.1 Å². The summed E-state index contributed by atoms with van der Waals surface area (Å²) < 4.78 is 29.0. The quantitative estimate of drug-likeness (QED) is 0.500. The number of nitrogens with one attached hydrogen (secondary N) is 2. The molecular formula is C21H22BrN3O2S. The largest absolute Gasteiger partial charge is 0.312 e. The molecule has 0 aliphatic heterocycles. The molecule has 3 rings (SSSR count). The van der Waals surface area contributed by atoms with Crippen molar-refractivity contribution in [3.63, 3.8) is 0 Å². The topological polar surface area (TPSA) is 71.1 Å². The van der Waals surface area contributed by atoms with E-state index in [0.717, 1.165) is 20.8 Å². The molecule has 146 valence electrons. The lowest BCUT2D eigenvalue weighted by Crippen LogP contribution is -2.39. The van der Waals surface area contributed by atoms with Crippen LogP contribution in [0.4, 0.5) is 0 Å². The molecule has 0 amide bonds. The van der Waals surface area contributed by atoms with E-state index in [-0.39, 0.29) is 10.9 Å². The second-order valence-electron chi connectivity index (χ2n) is 6.52. The van der Waals surface area contributed by atoms with Crippen molar-refractivity contribution >= 4 is 42.8 Å². The fourth-order valence-corrected chi connectivity index (χ4v) is 4.30. The second-order valence-corrected chi connectivity index (χ2v) is 9.15. The van der Waals surface area contributed by atoms with E-state index in [9.17, 15) is 8.42 Å². The summed E-state index contributed by atoms with van der Waals surface area (Å²) in [6.07, 6.45) is 7.41. The first-order chi connectivity index (χ1) is 13.4. The van der Waals surface area contributed by atoms with Gasteiger partial charge in [0.2, 0.25) is 10.0 Å². The maximum atomic E-state index is 12.6. The van der Waals surface area contributed by atoms with E-state index in [4.69, 9.17) is 0 Å². The van der Waals surface area contributed by atoms with Gasteiger partial charge in [-0.2, -0.15) is 0 Å². The predicted molar refractivity (Wildman–Crippen MR) is 118 cm³/mol. The number of sulfonamides is 1. The molecule has 2 N–H and O–H groups in total. The Morgan fingerprint density at radius 1 is 1.11 bits per heavy atom. The number of fused-ring (bicyclic) bond motifs is 1. The number of rotatable bonds is 8. The van der Waals surface area contributed by atoms with E-state index in [0.29, 0.717) is 13.1 Å². The molecule has 1 atom stereocenters. The van der Waals surface area contributed by atoms with Crippen molar-refractivity contribution in [2.24, 2.45) is 0 Å². The molecule has 1 aromatic heterocycles. The fourth-order valence-electron chi connectivity index (χ4n) is 2.76. The van der Waals surface area contributed by atoms with Gasteiger partial charge in [-0.15, -0.1) is 0 Å². The summed E-state index contributed by atoms with van der Waals surface area (Å²) in [4.78, 5) is 4.30. The minimum Gasteiger partial charge on any atom is -0.312 e. The van der Waals surface area contributed by atoms with Crippen LogP contribution in [-0.4, -0.2) is 32.5 Å². The second kappa shape index (κ2) is 9.43. The number of hydrogen-bond donors (Lipinski definition) is 2. The van der Waals surface area contributed by atoms with Crippen molar-refractivity contribution in [3.8, 4) is 0 Å². The van der Waals surface area contributed by atoms with Crippen LogP contribution in [0, 0.1) is 0 Å². The molecule has 28 heavy (non-hydrogen) atoms. The van der Waals surface area contributed by atoms with Crippen molar-refractivity contribution in [1.82, 2.24) is 15.0 Å². The molecular weight excluding hydrogens is 438 g/mol. The number of benzene rings is 2. The van der Waals surface area contributed by atoms with Crippen LogP contribution < -0.4 is 10.0 Å². The summed E-state index contributed by atoms with van der Waals surface area (Å²) >= 11 is 3.41. The number of aromatic nitrogens is 1. The SMILES string of the molecule is CC(CNCC=Cc1ccc(Br)cc1)NS(=O)(=O)c1ccc2cnccc2c1. The molecule has 0 saturated carbocycles. The Hall–Kier alpha value is -2.06. The van der Waals surface area contributed by atoms with E-state index >= 15 is 0 Å². The third kappa shape index (κ3) is 5.72. The number of nitrogens with zero attached hydrogens (tertiary/aromatic N) is 1. The molecule has 5 nitrogen and oxygen atoms in total. The van der Waals surface area contributed by atoms with Crippen LogP contribution in [0.5, 0.6) is 0 Å². The lowest BCUT2D eigenvalue weighted by Gasteiger charge is -2.15. The molecule has 0 radical (unpaired) electrons. The van der Waals surface area contributed by atoms with Gasteiger partial charge in [-0.05, 0) is 48.2 Å². The molecule has 0 saturated heterocycles. The van der Waals surface area contributed by atoms with Crippen molar-refractivity contribution in [2.45, 2.75) is 17.9 Å². The van der Waals surface area contributed by atoms with E-state index < -0.39 is 10.0 Å². The van der Waals surface area contributed by atoms with Gasteiger partial charge in [-0.1, -0.05) is 46.3 Å². The Morgan fingerprint density at radius 3 is 2.68 bits per heavy atom. The summed E-state index contributed by atoms with van der Waals surface area (Å²) in [7, 11) is -3.57. The van der Waals surface area contributed by atoms with Gasteiger partial charge in [0.25, 0.3) is 0 Å². The van der Waals surface area contributed by atoms with Crippen molar-refractivity contribution in [1.29, 1.82) is 0 Å². The van der Waals surface area contributed by atoms with Crippen LogP contribution in [-0.2, 0) is 10.0 Å². The maximum absolute atomic E-state index is 12.6. The standard InChI is InChI=1S/C21H22BrN3O2S/c1-16(14-23-11-2-3-17-4-7-20(22)8-5-17)25-28(26,27)21-9-6-19-15-24-12-10-18(19)13-21/h2-10,12-13,15-16,23,25H,11,14H2,1H3. The van der Waals surface area contributed by atoms with Gasteiger partial charge in [0, 0.05) is 41.4 Å². The molecule has 0 aliphatic rings. The fraction of sp³-hybridized carbons (Fsp3) is 0.190. The van der Waals surface area contributed by atoms with Crippen LogP contribution in [0.25, 0.3) is 16.8 Å². The third-order valence-electron chi connectivity index (χ3n) is 4.17. The molecule has 2 aromatic carbocycles. The summed E-state index contributed by atoms with van der Waals surface area (Å²) in [6.45, 7) is 3.03. The van der Waals surface area contributed by atoms with Crippen molar-refractivity contribution < 1.29 is 8.42 Å². The van der Waals surface area contributed by atoms with Crippen LogP contribution in [0.15, 0.2) is 76.4 Å². The Balaban J connectivity index is 1.51. The molecule has 0 fully saturated rings.